The number of benzene rings is 2. The molecule has 94 valence electrons. The molecule has 5 nitrogen and oxygen atoms in total. The quantitative estimate of drug-likeness (QED) is 0.532. The van der Waals surface area contributed by atoms with Gasteiger partial charge in [0.2, 0.25) is 0 Å². The fraction of sp³-hybridized carbons (Fsp3) is 0. The smallest absolute Gasteiger partial charge is 0.267 e. The molecular weight excluding hydrogens is 264 g/mol. The molecule has 0 saturated carbocycles. The van der Waals surface area contributed by atoms with E-state index in [1.807, 2.05) is 18.2 Å². The van der Waals surface area contributed by atoms with Crippen LogP contribution < -0.4 is 5.56 Å². The summed E-state index contributed by atoms with van der Waals surface area (Å²) in [6.07, 6.45) is 0. The summed E-state index contributed by atoms with van der Waals surface area (Å²) in [7, 11) is 0. The minimum absolute atomic E-state index is 0.0331. The molecular formula is C13H8N2O3S. The lowest BCUT2D eigenvalue weighted by Gasteiger charge is -1.97. The number of non-ortho nitro benzene ring substituents is 1. The molecule has 3 aromatic rings. The second kappa shape index (κ2) is 4.33. The maximum absolute atomic E-state index is 12.3. The van der Waals surface area contributed by atoms with Crippen molar-refractivity contribution in [3.05, 3.63) is 69.0 Å². The molecule has 0 radical (unpaired) electrons. The fourth-order valence-electron chi connectivity index (χ4n) is 1.91. The highest BCUT2D eigenvalue weighted by Gasteiger charge is 2.18. The zero-order valence-electron chi connectivity index (χ0n) is 9.65. The Bertz CT molecular complexity index is 821. The van der Waals surface area contributed by atoms with E-state index < -0.39 is 4.92 Å². The van der Waals surface area contributed by atoms with Crippen LogP contribution in [0.3, 0.4) is 0 Å². The molecule has 1 heterocycles. The van der Waals surface area contributed by atoms with Gasteiger partial charge in [0, 0.05) is 6.07 Å². The standard InChI is InChI=1S/C13H8N2O3S/c16-13-10-7-4-8-11(15(17)18)12(10)19-14(13)9-5-2-1-3-6-9/h1-8H. The van der Waals surface area contributed by atoms with Crippen LogP contribution in [0.5, 0.6) is 0 Å². The van der Waals surface area contributed by atoms with Crippen LogP contribution in [-0.4, -0.2) is 8.88 Å². The first kappa shape index (κ1) is 11.6. The number of nitrogens with zero attached hydrogens (tertiary/aromatic N) is 2. The van der Waals surface area contributed by atoms with Gasteiger partial charge in [-0.15, -0.1) is 0 Å². The summed E-state index contributed by atoms with van der Waals surface area (Å²) in [5.74, 6) is 0. The third kappa shape index (κ3) is 1.82. The van der Waals surface area contributed by atoms with Crippen molar-refractivity contribution >= 4 is 27.3 Å². The zero-order valence-corrected chi connectivity index (χ0v) is 10.5. The van der Waals surface area contributed by atoms with Crippen molar-refractivity contribution in [1.82, 2.24) is 3.96 Å². The topological polar surface area (TPSA) is 65.1 Å². The average Bonchev–Trinajstić information content (AvgIpc) is 2.77. The van der Waals surface area contributed by atoms with Gasteiger partial charge < -0.3 is 0 Å². The van der Waals surface area contributed by atoms with Gasteiger partial charge >= 0.3 is 0 Å². The van der Waals surface area contributed by atoms with E-state index in [1.54, 1.807) is 18.2 Å². The summed E-state index contributed by atoms with van der Waals surface area (Å²) in [5, 5.41) is 11.4. The molecule has 0 saturated heterocycles. The summed E-state index contributed by atoms with van der Waals surface area (Å²) >= 11 is 1.09. The molecule has 0 aliphatic carbocycles. The molecule has 0 aliphatic rings. The number of nitro benzene ring substituents is 1. The van der Waals surface area contributed by atoms with E-state index in [-0.39, 0.29) is 11.2 Å². The number of hydrogen-bond acceptors (Lipinski definition) is 4. The molecule has 0 N–H and O–H groups in total. The normalized spacial score (nSPS) is 10.7. The molecule has 1 aromatic heterocycles. The van der Waals surface area contributed by atoms with Crippen LogP contribution in [-0.2, 0) is 0 Å². The molecule has 6 heteroatoms. The summed E-state index contributed by atoms with van der Waals surface area (Å²) in [4.78, 5) is 22.8. The van der Waals surface area contributed by atoms with Crippen LogP contribution in [0.15, 0.2) is 53.3 Å². The predicted molar refractivity (Wildman–Crippen MR) is 74.1 cm³/mol. The van der Waals surface area contributed by atoms with Crippen molar-refractivity contribution in [1.29, 1.82) is 0 Å². The number of hydrogen-bond donors (Lipinski definition) is 0. The molecule has 19 heavy (non-hydrogen) atoms. The lowest BCUT2D eigenvalue weighted by Crippen LogP contribution is -2.10. The third-order valence-electron chi connectivity index (χ3n) is 2.78. The van der Waals surface area contributed by atoms with Crippen molar-refractivity contribution in [2.75, 3.05) is 0 Å². The van der Waals surface area contributed by atoms with Crippen LogP contribution in [0.4, 0.5) is 5.69 Å². The van der Waals surface area contributed by atoms with Gasteiger partial charge in [0.05, 0.1) is 16.0 Å². The number of rotatable bonds is 2. The maximum atomic E-state index is 12.3. The van der Waals surface area contributed by atoms with Crippen LogP contribution in [0, 0.1) is 10.1 Å². The van der Waals surface area contributed by atoms with Gasteiger partial charge in [-0.25, -0.2) is 3.96 Å². The first-order chi connectivity index (χ1) is 9.18. The van der Waals surface area contributed by atoms with Crippen LogP contribution in [0.2, 0.25) is 0 Å². The predicted octanol–water partition coefficient (Wildman–Crippen LogP) is 2.96. The van der Waals surface area contributed by atoms with Gasteiger partial charge in [-0.1, -0.05) is 24.3 Å². The molecule has 0 amide bonds. The van der Waals surface area contributed by atoms with Gasteiger partial charge in [-0.2, -0.15) is 0 Å². The van der Waals surface area contributed by atoms with E-state index in [2.05, 4.69) is 0 Å². The molecule has 2 aromatic carbocycles. The number of fused-ring (bicyclic) bond motifs is 1. The Morgan fingerprint density at radius 3 is 2.47 bits per heavy atom. The molecule has 0 unspecified atom stereocenters. The Kier molecular flexibility index (Phi) is 2.64. The van der Waals surface area contributed by atoms with Crippen molar-refractivity contribution in [3.63, 3.8) is 0 Å². The molecule has 0 atom stereocenters. The molecule has 0 spiro atoms. The first-order valence-corrected chi connectivity index (χ1v) is 6.30. The Morgan fingerprint density at radius 2 is 1.79 bits per heavy atom. The SMILES string of the molecule is O=c1c2cccc([N+](=O)[O-])c2sn1-c1ccccc1. The Balaban J connectivity index is 2.36. The fourth-order valence-corrected chi connectivity index (χ4v) is 2.99. The molecule has 0 bridgehead atoms. The lowest BCUT2D eigenvalue weighted by molar-refractivity contribution is -0.382. The summed E-state index contributed by atoms with van der Waals surface area (Å²) < 4.78 is 1.87. The Morgan fingerprint density at radius 1 is 1.05 bits per heavy atom. The molecule has 0 aliphatic heterocycles. The second-order valence-corrected chi connectivity index (χ2v) is 4.89. The minimum atomic E-state index is -0.465. The van der Waals surface area contributed by atoms with Crippen LogP contribution in [0.1, 0.15) is 0 Å². The zero-order chi connectivity index (χ0) is 13.4. The number of aromatic nitrogens is 1. The van der Waals surface area contributed by atoms with Crippen molar-refractivity contribution < 1.29 is 4.92 Å². The van der Waals surface area contributed by atoms with E-state index in [4.69, 9.17) is 0 Å². The molecule has 0 fully saturated rings. The van der Waals surface area contributed by atoms with Crippen molar-refractivity contribution in [2.24, 2.45) is 0 Å². The van der Waals surface area contributed by atoms with Gasteiger partial charge in [-0.3, -0.25) is 14.9 Å². The van der Waals surface area contributed by atoms with Crippen LogP contribution in [0.25, 0.3) is 15.8 Å². The van der Waals surface area contributed by atoms with Crippen LogP contribution >= 0.6 is 11.5 Å². The minimum Gasteiger partial charge on any atom is -0.267 e. The van der Waals surface area contributed by atoms with Gasteiger partial charge in [0.15, 0.2) is 0 Å². The summed E-state index contributed by atoms with van der Waals surface area (Å²) in [6.45, 7) is 0. The van der Waals surface area contributed by atoms with Gasteiger partial charge in [0.1, 0.15) is 4.70 Å². The van der Waals surface area contributed by atoms with Crippen molar-refractivity contribution in [3.8, 4) is 5.69 Å². The van der Waals surface area contributed by atoms with Gasteiger partial charge in [-0.05, 0) is 29.7 Å². The Hall–Kier alpha value is -2.47. The van der Waals surface area contributed by atoms with Crippen molar-refractivity contribution in [2.45, 2.75) is 0 Å². The van der Waals surface area contributed by atoms with E-state index in [1.165, 1.54) is 16.1 Å². The Labute approximate surface area is 111 Å². The number of para-hydroxylation sites is 1. The van der Waals surface area contributed by atoms with E-state index in [0.717, 1.165) is 11.5 Å². The summed E-state index contributed by atoms with van der Waals surface area (Å²) in [5.41, 5.74) is 0.451. The highest BCUT2D eigenvalue weighted by atomic mass is 32.1. The third-order valence-corrected chi connectivity index (χ3v) is 3.95. The largest absolute Gasteiger partial charge is 0.288 e. The van der Waals surface area contributed by atoms with E-state index >= 15 is 0 Å². The monoisotopic (exact) mass is 272 g/mol. The lowest BCUT2D eigenvalue weighted by atomic mass is 10.2. The van der Waals surface area contributed by atoms with E-state index in [9.17, 15) is 14.9 Å². The summed E-state index contributed by atoms with van der Waals surface area (Å²) in [6, 6.07) is 13.6. The highest BCUT2D eigenvalue weighted by Crippen LogP contribution is 2.28. The first-order valence-electron chi connectivity index (χ1n) is 5.53. The molecule has 3 rings (SSSR count). The highest BCUT2D eigenvalue weighted by molar-refractivity contribution is 7.14. The van der Waals surface area contributed by atoms with Gasteiger partial charge in [0.25, 0.3) is 11.2 Å². The van der Waals surface area contributed by atoms with E-state index in [0.29, 0.717) is 15.8 Å². The second-order valence-electron chi connectivity index (χ2n) is 3.94. The number of nitro groups is 1. The maximum Gasteiger partial charge on any atom is 0.288 e. The average molecular weight is 272 g/mol.